The Kier molecular flexibility index (Phi) is 4.45. The minimum atomic E-state index is -0.722. The Labute approximate surface area is 123 Å². The molecule has 0 amide bonds. The Morgan fingerprint density at radius 3 is 2.47 bits per heavy atom. The molecule has 0 spiro atoms. The van der Waals surface area contributed by atoms with Crippen molar-refractivity contribution in [1.82, 2.24) is 0 Å². The molecule has 100 valence electrons. The molecule has 0 heterocycles. The highest BCUT2D eigenvalue weighted by molar-refractivity contribution is 9.10. The van der Waals surface area contributed by atoms with E-state index >= 15 is 0 Å². The smallest absolute Gasteiger partial charge is 0.166 e. The maximum atomic E-state index is 13.8. The van der Waals surface area contributed by atoms with E-state index in [2.05, 4.69) is 15.9 Å². The molecule has 1 atom stereocenters. The highest BCUT2D eigenvalue weighted by atomic mass is 79.9. The summed E-state index contributed by atoms with van der Waals surface area (Å²) >= 11 is 9.28. The van der Waals surface area contributed by atoms with E-state index in [0.29, 0.717) is 16.3 Å². The first-order valence-electron chi connectivity index (χ1n) is 5.58. The summed E-state index contributed by atoms with van der Waals surface area (Å²) in [4.78, 5) is 0. The summed E-state index contributed by atoms with van der Waals surface area (Å²) in [6.07, 6.45) is -0.722. The zero-order valence-corrected chi connectivity index (χ0v) is 12.4. The number of aliphatic hydroxyl groups excluding tert-OH is 1. The number of rotatable bonds is 3. The van der Waals surface area contributed by atoms with Gasteiger partial charge in [-0.1, -0.05) is 33.6 Å². The molecule has 0 aliphatic rings. The Hall–Kier alpha value is -1.10. The molecule has 0 aliphatic carbocycles. The summed E-state index contributed by atoms with van der Waals surface area (Å²) in [7, 11) is 0. The van der Waals surface area contributed by atoms with Crippen molar-refractivity contribution in [2.24, 2.45) is 0 Å². The molecule has 2 aromatic rings. The molecule has 1 N–H and O–H groups in total. The van der Waals surface area contributed by atoms with Crippen LogP contribution in [0, 0.1) is 5.82 Å². The van der Waals surface area contributed by atoms with Gasteiger partial charge in [-0.2, -0.15) is 0 Å². The van der Waals surface area contributed by atoms with Gasteiger partial charge >= 0.3 is 0 Å². The van der Waals surface area contributed by atoms with Gasteiger partial charge in [0.2, 0.25) is 0 Å². The molecular formula is C14H11BrClFO2. The molecule has 2 aromatic carbocycles. The van der Waals surface area contributed by atoms with E-state index in [1.807, 2.05) is 0 Å². The zero-order valence-electron chi connectivity index (χ0n) is 10.0. The number of aliphatic hydroxyl groups is 1. The normalized spacial score (nSPS) is 12.3. The Morgan fingerprint density at radius 2 is 1.89 bits per heavy atom. The van der Waals surface area contributed by atoms with E-state index in [1.54, 1.807) is 31.2 Å². The third kappa shape index (κ3) is 3.47. The molecule has 0 aliphatic heterocycles. The number of hydrogen-bond donors (Lipinski definition) is 1. The quantitative estimate of drug-likeness (QED) is 0.840. The zero-order chi connectivity index (χ0) is 14.0. The van der Waals surface area contributed by atoms with Crippen molar-refractivity contribution in [2.75, 3.05) is 0 Å². The lowest BCUT2D eigenvalue weighted by atomic mass is 10.1. The van der Waals surface area contributed by atoms with E-state index in [0.717, 1.165) is 4.47 Å². The lowest BCUT2D eigenvalue weighted by molar-refractivity contribution is 0.198. The molecule has 19 heavy (non-hydrogen) atoms. The maximum Gasteiger partial charge on any atom is 0.166 e. The first-order valence-corrected chi connectivity index (χ1v) is 6.75. The van der Waals surface area contributed by atoms with Gasteiger partial charge in [0.1, 0.15) is 5.75 Å². The van der Waals surface area contributed by atoms with Crippen LogP contribution in [0.3, 0.4) is 0 Å². The van der Waals surface area contributed by atoms with Crippen LogP contribution in [0.2, 0.25) is 5.02 Å². The largest absolute Gasteiger partial charge is 0.453 e. The summed E-state index contributed by atoms with van der Waals surface area (Å²) in [5.41, 5.74) is 0.492. The maximum absolute atomic E-state index is 13.8. The van der Waals surface area contributed by atoms with Crippen LogP contribution in [0.4, 0.5) is 4.39 Å². The van der Waals surface area contributed by atoms with Gasteiger partial charge < -0.3 is 9.84 Å². The second kappa shape index (κ2) is 5.90. The summed E-state index contributed by atoms with van der Waals surface area (Å²) in [5, 5.41) is 9.75. The van der Waals surface area contributed by atoms with Gasteiger partial charge in [0.15, 0.2) is 11.6 Å². The lowest BCUT2D eigenvalue weighted by Gasteiger charge is -2.11. The van der Waals surface area contributed by atoms with Crippen molar-refractivity contribution >= 4 is 27.5 Å². The van der Waals surface area contributed by atoms with Gasteiger partial charge in [0, 0.05) is 4.47 Å². The Bertz CT molecular complexity index is 602. The van der Waals surface area contributed by atoms with Gasteiger partial charge in [-0.3, -0.25) is 0 Å². The van der Waals surface area contributed by atoms with Crippen molar-refractivity contribution in [3.05, 3.63) is 57.3 Å². The van der Waals surface area contributed by atoms with Gasteiger partial charge in [-0.05, 0) is 42.8 Å². The number of hydrogen-bond acceptors (Lipinski definition) is 2. The molecule has 5 heteroatoms. The van der Waals surface area contributed by atoms with Gasteiger partial charge in [-0.25, -0.2) is 4.39 Å². The van der Waals surface area contributed by atoms with Crippen LogP contribution >= 0.6 is 27.5 Å². The molecule has 0 saturated heterocycles. The molecular weight excluding hydrogens is 335 g/mol. The van der Waals surface area contributed by atoms with Crippen LogP contribution in [-0.2, 0) is 0 Å². The highest BCUT2D eigenvalue weighted by Gasteiger charge is 2.10. The van der Waals surface area contributed by atoms with E-state index in [9.17, 15) is 9.50 Å². The van der Waals surface area contributed by atoms with Crippen molar-refractivity contribution in [2.45, 2.75) is 13.0 Å². The van der Waals surface area contributed by atoms with Gasteiger partial charge in [0.25, 0.3) is 0 Å². The second-order valence-corrected chi connectivity index (χ2v) is 5.37. The van der Waals surface area contributed by atoms with Gasteiger partial charge in [-0.15, -0.1) is 0 Å². The number of benzene rings is 2. The molecule has 0 saturated carbocycles. The van der Waals surface area contributed by atoms with Crippen LogP contribution in [0.1, 0.15) is 18.6 Å². The standard InChI is InChI=1S/C14H11BrClFO2/c1-8(18)9-2-4-14(12(17)6-9)19-13-5-3-10(15)7-11(13)16/h2-8,18H,1H3/t8-/m0/s1. The fraction of sp³-hybridized carbons (Fsp3) is 0.143. The number of halogens is 3. The average molecular weight is 346 g/mol. The molecule has 0 fully saturated rings. The third-order valence-corrected chi connectivity index (χ3v) is 3.34. The summed E-state index contributed by atoms with van der Waals surface area (Å²) in [6, 6.07) is 9.38. The van der Waals surface area contributed by atoms with Crippen LogP contribution in [0.25, 0.3) is 0 Å². The van der Waals surface area contributed by atoms with Crippen molar-refractivity contribution in [3.63, 3.8) is 0 Å². The minimum Gasteiger partial charge on any atom is -0.453 e. The Morgan fingerprint density at radius 1 is 1.21 bits per heavy atom. The SMILES string of the molecule is C[C@H](O)c1ccc(Oc2ccc(Br)cc2Cl)c(F)c1. The first kappa shape index (κ1) is 14.3. The minimum absolute atomic E-state index is 0.0635. The number of ether oxygens (including phenoxy) is 1. The topological polar surface area (TPSA) is 29.5 Å². The van der Waals surface area contributed by atoms with Crippen LogP contribution in [0.15, 0.2) is 40.9 Å². The fourth-order valence-corrected chi connectivity index (χ4v) is 2.25. The van der Waals surface area contributed by atoms with E-state index < -0.39 is 11.9 Å². The fourth-order valence-electron chi connectivity index (χ4n) is 1.54. The monoisotopic (exact) mass is 344 g/mol. The Balaban J connectivity index is 2.28. The average Bonchev–Trinajstić information content (AvgIpc) is 2.34. The molecule has 0 radical (unpaired) electrons. The van der Waals surface area contributed by atoms with Crippen molar-refractivity contribution in [3.8, 4) is 11.5 Å². The van der Waals surface area contributed by atoms with Crippen LogP contribution in [-0.4, -0.2) is 5.11 Å². The summed E-state index contributed by atoms with van der Waals surface area (Å²) in [5.74, 6) is -0.112. The van der Waals surface area contributed by atoms with Gasteiger partial charge in [0.05, 0.1) is 11.1 Å². The molecule has 0 bridgehead atoms. The van der Waals surface area contributed by atoms with Crippen molar-refractivity contribution in [1.29, 1.82) is 0 Å². The lowest BCUT2D eigenvalue weighted by Crippen LogP contribution is -1.94. The molecule has 0 unspecified atom stereocenters. The highest BCUT2D eigenvalue weighted by Crippen LogP contribution is 2.33. The predicted octanol–water partition coefficient (Wildman–Crippen LogP) is 5.09. The van der Waals surface area contributed by atoms with Crippen LogP contribution < -0.4 is 4.74 Å². The van der Waals surface area contributed by atoms with E-state index in [-0.39, 0.29) is 5.75 Å². The molecule has 0 aromatic heterocycles. The first-order chi connectivity index (χ1) is 8.97. The molecule has 2 rings (SSSR count). The predicted molar refractivity (Wildman–Crippen MR) is 76.3 cm³/mol. The third-order valence-electron chi connectivity index (χ3n) is 2.55. The molecule has 2 nitrogen and oxygen atoms in total. The van der Waals surface area contributed by atoms with Crippen LogP contribution in [0.5, 0.6) is 11.5 Å². The summed E-state index contributed by atoms with van der Waals surface area (Å²) < 4.78 is 20.1. The van der Waals surface area contributed by atoms with E-state index in [1.165, 1.54) is 12.1 Å². The second-order valence-electron chi connectivity index (χ2n) is 4.04. The summed E-state index contributed by atoms with van der Waals surface area (Å²) in [6.45, 7) is 1.57. The van der Waals surface area contributed by atoms with E-state index in [4.69, 9.17) is 16.3 Å². The van der Waals surface area contributed by atoms with Crippen molar-refractivity contribution < 1.29 is 14.2 Å².